The van der Waals surface area contributed by atoms with Gasteiger partial charge in [0.05, 0.1) is 29.0 Å². The summed E-state index contributed by atoms with van der Waals surface area (Å²) in [5.74, 6) is -0.959. The van der Waals surface area contributed by atoms with Gasteiger partial charge in [-0.2, -0.15) is 5.10 Å². The summed E-state index contributed by atoms with van der Waals surface area (Å²) >= 11 is 0. The fraction of sp³-hybridized carbons (Fsp3) is 0.250. The molecule has 0 aromatic carbocycles. The van der Waals surface area contributed by atoms with Crippen molar-refractivity contribution in [1.29, 1.82) is 0 Å². The maximum absolute atomic E-state index is 13.3. The first-order chi connectivity index (χ1) is 8.99. The topological polar surface area (TPSA) is 85.8 Å². The quantitative estimate of drug-likeness (QED) is 0.872. The summed E-state index contributed by atoms with van der Waals surface area (Å²) in [6, 6.07) is 1.39. The van der Waals surface area contributed by atoms with Gasteiger partial charge in [0.2, 0.25) is 5.91 Å². The van der Waals surface area contributed by atoms with E-state index in [4.69, 9.17) is 5.73 Å². The molecule has 0 radical (unpaired) electrons. The van der Waals surface area contributed by atoms with E-state index in [1.54, 1.807) is 13.8 Å². The molecule has 1 amide bonds. The monoisotopic (exact) mass is 263 g/mol. The second-order valence-corrected chi connectivity index (χ2v) is 4.15. The van der Waals surface area contributed by atoms with Crippen LogP contribution in [-0.4, -0.2) is 20.7 Å². The number of hydrogen-bond donors (Lipinski definition) is 2. The number of aryl methyl sites for hydroxylation is 1. The van der Waals surface area contributed by atoms with Gasteiger partial charge in [-0.25, -0.2) is 4.39 Å². The van der Waals surface area contributed by atoms with Gasteiger partial charge in [0.25, 0.3) is 0 Å². The highest BCUT2D eigenvalue weighted by molar-refractivity contribution is 5.90. The van der Waals surface area contributed by atoms with E-state index < -0.39 is 5.82 Å². The normalized spacial score (nSPS) is 10.5. The van der Waals surface area contributed by atoms with Gasteiger partial charge < -0.3 is 11.1 Å². The number of pyridine rings is 1. The van der Waals surface area contributed by atoms with Crippen molar-refractivity contribution in [1.82, 2.24) is 14.8 Å². The van der Waals surface area contributed by atoms with Crippen LogP contribution in [0.3, 0.4) is 0 Å². The highest BCUT2D eigenvalue weighted by atomic mass is 19.1. The van der Waals surface area contributed by atoms with Crippen molar-refractivity contribution in [2.24, 2.45) is 0 Å². The molecule has 7 heteroatoms. The Kier molecular flexibility index (Phi) is 3.46. The first-order valence-corrected chi connectivity index (χ1v) is 5.68. The number of carbonyl (C=O) groups excluding carboxylic acids is 1. The molecule has 2 aromatic heterocycles. The van der Waals surface area contributed by atoms with Gasteiger partial charge in [0.1, 0.15) is 6.54 Å². The Balaban J connectivity index is 2.10. The lowest BCUT2D eigenvalue weighted by Gasteiger charge is -2.07. The van der Waals surface area contributed by atoms with Crippen LogP contribution in [0, 0.1) is 19.7 Å². The lowest BCUT2D eigenvalue weighted by molar-refractivity contribution is -0.117. The van der Waals surface area contributed by atoms with E-state index in [-0.39, 0.29) is 18.1 Å². The van der Waals surface area contributed by atoms with Crippen molar-refractivity contribution in [2.75, 3.05) is 11.1 Å². The number of amides is 1. The number of nitrogen functional groups attached to an aromatic ring is 1. The molecule has 0 spiro atoms. The van der Waals surface area contributed by atoms with Crippen LogP contribution in [0.25, 0.3) is 0 Å². The van der Waals surface area contributed by atoms with E-state index in [0.29, 0.717) is 17.1 Å². The number of hydrogen-bond acceptors (Lipinski definition) is 4. The highest BCUT2D eigenvalue weighted by Crippen LogP contribution is 2.15. The van der Waals surface area contributed by atoms with Crippen LogP contribution in [0.2, 0.25) is 0 Å². The van der Waals surface area contributed by atoms with Crippen molar-refractivity contribution in [2.45, 2.75) is 20.4 Å². The summed E-state index contributed by atoms with van der Waals surface area (Å²) in [5.41, 5.74) is 7.80. The first-order valence-electron chi connectivity index (χ1n) is 5.68. The molecule has 0 unspecified atom stereocenters. The fourth-order valence-corrected chi connectivity index (χ4v) is 1.67. The lowest BCUT2D eigenvalue weighted by Crippen LogP contribution is -2.21. The molecule has 6 nitrogen and oxygen atoms in total. The van der Waals surface area contributed by atoms with E-state index in [2.05, 4.69) is 15.4 Å². The SMILES string of the molecule is Cc1nn(CC(=O)Nc2ccncc2F)c(C)c1N. The molecule has 0 bridgehead atoms. The molecular weight excluding hydrogens is 249 g/mol. The van der Waals surface area contributed by atoms with Crippen LogP contribution in [0.5, 0.6) is 0 Å². The summed E-state index contributed by atoms with van der Waals surface area (Å²) in [6.45, 7) is 3.51. The van der Waals surface area contributed by atoms with Crippen LogP contribution in [0.1, 0.15) is 11.4 Å². The lowest BCUT2D eigenvalue weighted by atomic mass is 10.3. The van der Waals surface area contributed by atoms with Crippen molar-refractivity contribution >= 4 is 17.3 Å². The Morgan fingerprint density at radius 2 is 2.26 bits per heavy atom. The van der Waals surface area contributed by atoms with Gasteiger partial charge in [0, 0.05) is 6.20 Å². The maximum atomic E-state index is 13.3. The number of nitrogens with two attached hydrogens (primary N) is 1. The molecule has 0 aliphatic carbocycles. The van der Waals surface area contributed by atoms with Crippen molar-refractivity contribution < 1.29 is 9.18 Å². The second kappa shape index (κ2) is 5.05. The highest BCUT2D eigenvalue weighted by Gasteiger charge is 2.12. The molecule has 3 N–H and O–H groups in total. The molecular formula is C12H14FN5O. The van der Waals surface area contributed by atoms with E-state index in [9.17, 15) is 9.18 Å². The molecule has 100 valence electrons. The first kappa shape index (κ1) is 13.0. The number of carbonyl (C=O) groups is 1. The molecule has 2 rings (SSSR count). The van der Waals surface area contributed by atoms with Crippen molar-refractivity contribution in [3.8, 4) is 0 Å². The second-order valence-electron chi connectivity index (χ2n) is 4.15. The smallest absolute Gasteiger partial charge is 0.246 e. The molecule has 19 heavy (non-hydrogen) atoms. The molecule has 0 fully saturated rings. The summed E-state index contributed by atoms with van der Waals surface area (Å²) < 4.78 is 14.8. The maximum Gasteiger partial charge on any atom is 0.246 e. The van der Waals surface area contributed by atoms with Crippen LogP contribution in [-0.2, 0) is 11.3 Å². The summed E-state index contributed by atoms with van der Waals surface area (Å²) in [6.07, 6.45) is 2.44. The van der Waals surface area contributed by atoms with E-state index in [0.717, 1.165) is 6.20 Å². The standard InChI is InChI=1S/C12H14FN5O/c1-7-12(14)8(2)18(17-7)6-11(19)16-10-3-4-15-5-9(10)13/h3-5H,6,14H2,1-2H3,(H,15,16,19). The average Bonchev–Trinajstić information content (AvgIpc) is 2.60. The van der Waals surface area contributed by atoms with Gasteiger partial charge in [-0.05, 0) is 19.9 Å². The zero-order valence-corrected chi connectivity index (χ0v) is 10.6. The van der Waals surface area contributed by atoms with Gasteiger partial charge >= 0.3 is 0 Å². The number of nitrogens with one attached hydrogen (secondary N) is 1. The van der Waals surface area contributed by atoms with Crippen LogP contribution in [0.4, 0.5) is 15.8 Å². The Morgan fingerprint density at radius 3 is 2.84 bits per heavy atom. The van der Waals surface area contributed by atoms with Gasteiger partial charge in [0.15, 0.2) is 5.82 Å². The predicted octanol–water partition coefficient (Wildman–Crippen LogP) is 1.25. The van der Waals surface area contributed by atoms with Crippen molar-refractivity contribution in [3.63, 3.8) is 0 Å². The minimum Gasteiger partial charge on any atom is -0.396 e. The summed E-state index contributed by atoms with van der Waals surface area (Å²) in [7, 11) is 0. The minimum absolute atomic E-state index is 0.0222. The van der Waals surface area contributed by atoms with Crippen LogP contribution in [0.15, 0.2) is 18.5 Å². The summed E-state index contributed by atoms with van der Waals surface area (Å²) in [4.78, 5) is 15.4. The summed E-state index contributed by atoms with van der Waals surface area (Å²) in [5, 5.41) is 6.60. The van der Waals surface area contributed by atoms with E-state index >= 15 is 0 Å². The number of halogens is 1. The van der Waals surface area contributed by atoms with E-state index in [1.165, 1.54) is 16.9 Å². The van der Waals surface area contributed by atoms with E-state index in [1.807, 2.05) is 0 Å². The largest absolute Gasteiger partial charge is 0.396 e. The Labute approximate surface area is 109 Å². The van der Waals surface area contributed by atoms with Gasteiger partial charge in [-0.15, -0.1) is 0 Å². The Hall–Kier alpha value is -2.44. The molecule has 2 aromatic rings. The third-order valence-corrected chi connectivity index (χ3v) is 2.78. The predicted molar refractivity (Wildman–Crippen MR) is 68.9 cm³/mol. The van der Waals surface area contributed by atoms with Gasteiger partial charge in [-0.1, -0.05) is 0 Å². The number of rotatable bonds is 3. The van der Waals surface area contributed by atoms with Crippen molar-refractivity contribution in [3.05, 3.63) is 35.7 Å². The molecule has 0 saturated carbocycles. The average molecular weight is 263 g/mol. The number of anilines is 2. The fourth-order valence-electron chi connectivity index (χ4n) is 1.67. The zero-order valence-electron chi connectivity index (χ0n) is 10.6. The molecule has 0 saturated heterocycles. The zero-order chi connectivity index (χ0) is 14.0. The molecule has 0 atom stereocenters. The number of aromatic nitrogens is 3. The minimum atomic E-state index is -0.580. The molecule has 2 heterocycles. The third kappa shape index (κ3) is 2.70. The van der Waals surface area contributed by atoms with Gasteiger partial charge in [-0.3, -0.25) is 14.5 Å². The number of nitrogens with zero attached hydrogens (tertiary/aromatic N) is 3. The molecule has 0 aliphatic heterocycles. The Bertz CT molecular complexity index is 623. The molecule has 0 aliphatic rings. The third-order valence-electron chi connectivity index (χ3n) is 2.78. The van der Waals surface area contributed by atoms with Crippen LogP contribution < -0.4 is 11.1 Å². The van der Waals surface area contributed by atoms with Crippen LogP contribution >= 0.6 is 0 Å². The Morgan fingerprint density at radius 1 is 1.53 bits per heavy atom.